The Bertz CT molecular complexity index is 984. The van der Waals surface area contributed by atoms with E-state index in [-0.39, 0.29) is 22.4 Å². The Morgan fingerprint density at radius 3 is 2.64 bits per heavy atom. The summed E-state index contributed by atoms with van der Waals surface area (Å²) in [5, 5.41) is 8.27. The smallest absolute Gasteiger partial charge is 0.227 e. The Morgan fingerprint density at radius 2 is 1.96 bits per heavy atom. The number of benzene rings is 2. The van der Waals surface area contributed by atoms with Gasteiger partial charge in [0, 0.05) is 17.0 Å². The maximum atomic E-state index is 13.8. The number of nitrogens with zero attached hydrogens (tertiary/aromatic N) is 2. The number of halogens is 2. The van der Waals surface area contributed by atoms with Crippen LogP contribution in [0.3, 0.4) is 0 Å². The average molecular weight is 417 g/mol. The third-order valence-corrected chi connectivity index (χ3v) is 4.99. The molecule has 0 saturated carbocycles. The van der Waals surface area contributed by atoms with Crippen molar-refractivity contribution in [1.82, 2.24) is 4.98 Å². The lowest BCUT2D eigenvalue weighted by molar-refractivity contribution is -0.118. The van der Waals surface area contributed by atoms with Crippen molar-refractivity contribution in [3.05, 3.63) is 64.9 Å². The molecule has 2 aromatic carbocycles. The highest BCUT2D eigenvalue weighted by molar-refractivity contribution is 7.20. The van der Waals surface area contributed by atoms with E-state index in [4.69, 9.17) is 11.6 Å². The van der Waals surface area contributed by atoms with E-state index in [9.17, 15) is 9.18 Å². The van der Waals surface area contributed by atoms with Crippen LogP contribution in [-0.4, -0.2) is 17.1 Å². The third-order valence-electron chi connectivity index (χ3n) is 3.79. The van der Waals surface area contributed by atoms with Gasteiger partial charge < -0.3 is 5.32 Å². The number of rotatable bonds is 6. The summed E-state index contributed by atoms with van der Waals surface area (Å²) < 4.78 is 13.8. The number of nitrogens with one attached hydrogen (secondary N) is 2. The van der Waals surface area contributed by atoms with Gasteiger partial charge in [0.25, 0.3) is 0 Å². The maximum Gasteiger partial charge on any atom is 0.227 e. The highest BCUT2D eigenvalue weighted by Crippen LogP contribution is 2.36. The lowest BCUT2D eigenvalue weighted by atomic mass is 10.1. The van der Waals surface area contributed by atoms with Gasteiger partial charge in [-0.05, 0) is 12.1 Å². The molecular weight excluding hydrogens is 399 g/mol. The summed E-state index contributed by atoms with van der Waals surface area (Å²) in [6.07, 6.45) is 1.30. The average Bonchev–Trinajstić information content (AvgIpc) is 3.07. The van der Waals surface area contributed by atoms with E-state index in [0.29, 0.717) is 15.8 Å². The van der Waals surface area contributed by atoms with Crippen molar-refractivity contribution in [2.75, 3.05) is 10.7 Å². The minimum absolute atomic E-state index is 0.103. The molecule has 2 N–H and O–H groups in total. The second kappa shape index (κ2) is 8.95. The minimum atomic E-state index is -0.466. The zero-order valence-electron chi connectivity index (χ0n) is 15.2. The molecule has 0 spiro atoms. The number of anilines is 2. The van der Waals surface area contributed by atoms with Gasteiger partial charge in [0.15, 0.2) is 0 Å². The number of carbonyl (C=O) groups is 1. The van der Waals surface area contributed by atoms with Crippen LogP contribution in [0.2, 0.25) is 5.02 Å². The van der Waals surface area contributed by atoms with E-state index in [1.807, 2.05) is 44.2 Å². The van der Waals surface area contributed by atoms with Crippen LogP contribution in [0.15, 0.2) is 53.6 Å². The van der Waals surface area contributed by atoms with Crippen molar-refractivity contribution in [1.29, 1.82) is 0 Å². The molecule has 28 heavy (non-hydrogen) atoms. The summed E-state index contributed by atoms with van der Waals surface area (Å²) >= 11 is 7.24. The summed E-state index contributed by atoms with van der Waals surface area (Å²) in [4.78, 5) is 16.7. The van der Waals surface area contributed by atoms with Crippen LogP contribution in [0.4, 0.5) is 14.5 Å². The molecule has 5 nitrogen and oxygen atoms in total. The molecule has 0 bridgehead atoms. The van der Waals surface area contributed by atoms with E-state index >= 15 is 0 Å². The predicted molar refractivity (Wildman–Crippen MR) is 114 cm³/mol. The number of thiazole rings is 1. The zero-order chi connectivity index (χ0) is 20.1. The second-order valence-electron chi connectivity index (χ2n) is 6.21. The molecule has 0 fully saturated rings. The van der Waals surface area contributed by atoms with Gasteiger partial charge in [-0.1, -0.05) is 73.2 Å². The van der Waals surface area contributed by atoms with E-state index in [1.54, 1.807) is 6.07 Å². The van der Waals surface area contributed by atoms with Gasteiger partial charge in [-0.15, -0.1) is 0 Å². The Hall–Kier alpha value is -2.77. The zero-order valence-corrected chi connectivity index (χ0v) is 16.8. The fourth-order valence-corrected chi connectivity index (χ4v) is 3.34. The molecule has 3 rings (SSSR count). The second-order valence-corrected chi connectivity index (χ2v) is 7.62. The van der Waals surface area contributed by atoms with Crippen molar-refractivity contribution >= 4 is 45.2 Å². The molecule has 8 heteroatoms. The fraction of sp³-hybridized carbons (Fsp3) is 0.150. The lowest BCUT2D eigenvalue weighted by Gasteiger charge is -2.07. The van der Waals surface area contributed by atoms with Gasteiger partial charge in [-0.2, -0.15) is 5.10 Å². The Labute approximate surface area is 171 Å². The third kappa shape index (κ3) is 4.74. The number of hydrogen-bond donors (Lipinski definition) is 2. The molecule has 1 aromatic heterocycles. The molecule has 0 unspecified atom stereocenters. The van der Waals surface area contributed by atoms with Crippen LogP contribution in [0, 0.1) is 11.7 Å². The van der Waals surface area contributed by atoms with Gasteiger partial charge in [0.1, 0.15) is 16.5 Å². The fourth-order valence-electron chi connectivity index (χ4n) is 2.29. The quantitative estimate of drug-likeness (QED) is 0.403. The first-order chi connectivity index (χ1) is 13.5. The molecule has 1 amide bonds. The standard InChI is InChI=1S/C20H18ClFN4OS/c1-12(2)18(27)25-19-17(13-7-4-3-5-8-13)24-20(28-19)26-23-11-14-15(21)9-6-10-16(14)22/h3-12H,1-2H3,(H,24,26)(H,25,27). The van der Waals surface area contributed by atoms with Crippen LogP contribution < -0.4 is 10.7 Å². The van der Waals surface area contributed by atoms with E-state index < -0.39 is 5.82 Å². The minimum Gasteiger partial charge on any atom is -0.316 e. The van der Waals surface area contributed by atoms with Crippen LogP contribution >= 0.6 is 22.9 Å². The first kappa shape index (κ1) is 20.0. The first-order valence-electron chi connectivity index (χ1n) is 8.56. The van der Waals surface area contributed by atoms with Crippen molar-refractivity contribution in [3.63, 3.8) is 0 Å². The van der Waals surface area contributed by atoms with Gasteiger partial charge in [-0.25, -0.2) is 9.37 Å². The van der Waals surface area contributed by atoms with Crippen molar-refractivity contribution in [2.45, 2.75) is 13.8 Å². The van der Waals surface area contributed by atoms with Crippen LogP contribution in [0.1, 0.15) is 19.4 Å². The van der Waals surface area contributed by atoms with Gasteiger partial charge >= 0.3 is 0 Å². The van der Waals surface area contributed by atoms with E-state index in [1.165, 1.54) is 29.7 Å². The highest BCUT2D eigenvalue weighted by Gasteiger charge is 2.17. The molecule has 0 radical (unpaired) electrons. The highest BCUT2D eigenvalue weighted by atomic mass is 35.5. The summed E-state index contributed by atoms with van der Waals surface area (Å²) in [5.74, 6) is -0.732. The summed E-state index contributed by atoms with van der Waals surface area (Å²) in [5.41, 5.74) is 4.47. The summed E-state index contributed by atoms with van der Waals surface area (Å²) in [7, 11) is 0. The number of carbonyl (C=O) groups excluding carboxylic acids is 1. The van der Waals surface area contributed by atoms with E-state index in [0.717, 1.165) is 5.56 Å². The maximum absolute atomic E-state index is 13.8. The number of hydrogen-bond acceptors (Lipinski definition) is 5. The van der Waals surface area contributed by atoms with Crippen LogP contribution in [0.25, 0.3) is 11.3 Å². The molecule has 0 saturated heterocycles. The molecule has 3 aromatic rings. The monoisotopic (exact) mass is 416 g/mol. The number of amides is 1. The molecule has 0 aliphatic rings. The summed E-state index contributed by atoms with van der Waals surface area (Å²) in [6.45, 7) is 3.64. The van der Waals surface area contributed by atoms with Gasteiger partial charge in [0.05, 0.1) is 11.2 Å². The van der Waals surface area contributed by atoms with Crippen molar-refractivity contribution in [3.8, 4) is 11.3 Å². The SMILES string of the molecule is CC(C)C(=O)Nc1sc(NN=Cc2c(F)cccc2Cl)nc1-c1ccccc1. The predicted octanol–water partition coefficient (Wildman–Crippen LogP) is 5.64. The largest absolute Gasteiger partial charge is 0.316 e. The topological polar surface area (TPSA) is 66.4 Å². The molecular formula is C20H18ClFN4OS. The first-order valence-corrected chi connectivity index (χ1v) is 9.75. The molecule has 0 aliphatic heterocycles. The molecule has 0 aliphatic carbocycles. The van der Waals surface area contributed by atoms with Crippen LogP contribution in [0.5, 0.6) is 0 Å². The van der Waals surface area contributed by atoms with E-state index in [2.05, 4.69) is 20.8 Å². The Morgan fingerprint density at radius 1 is 1.21 bits per heavy atom. The number of aromatic nitrogens is 1. The van der Waals surface area contributed by atoms with Gasteiger partial charge in [-0.3, -0.25) is 10.2 Å². The summed E-state index contributed by atoms with van der Waals surface area (Å²) in [6, 6.07) is 13.9. The molecule has 0 atom stereocenters. The van der Waals surface area contributed by atoms with Crippen molar-refractivity contribution in [2.24, 2.45) is 11.0 Å². The normalized spacial score (nSPS) is 11.2. The molecule has 1 heterocycles. The lowest BCUT2D eigenvalue weighted by Crippen LogP contribution is -2.17. The van der Waals surface area contributed by atoms with Crippen LogP contribution in [-0.2, 0) is 4.79 Å². The molecule has 144 valence electrons. The van der Waals surface area contributed by atoms with Crippen molar-refractivity contribution < 1.29 is 9.18 Å². The number of hydrazone groups is 1. The van der Waals surface area contributed by atoms with Gasteiger partial charge in [0.2, 0.25) is 11.0 Å². The Balaban J connectivity index is 1.86. The Kier molecular flexibility index (Phi) is 6.38.